The summed E-state index contributed by atoms with van der Waals surface area (Å²) in [5, 5.41) is 1.77. The largest absolute Gasteiger partial charge is 0.497 e. The molecule has 2 aromatic carbocycles. The summed E-state index contributed by atoms with van der Waals surface area (Å²) < 4.78 is 6.39. The van der Waals surface area contributed by atoms with E-state index >= 15 is 0 Å². The van der Waals surface area contributed by atoms with Gasteiger partial charge in [0.15, 0.2) is 5.17 Å². The van der Waals surface area contributed by atoms with Crippen LogP contribution in [0.4, 0.5) is 0 Å². The molecule has 1 atom stereocenters. The highest BCUT2D eigenvalue weighted by Crippen LogP contribution is 2.27. The number of amidine groups is 1. The third-order valence-corrected chi connectivity index (χ3v) is 6.80. The van der Waals surface area contributed by atoms with Gasteiger partial charge >= 0.3 is 0 Å². The van der Waals surface area contributed by atoms with Crippen LogP contribution in [0.5, 0.6) is 5.75 Å². The monoisotopic (exact) mass is 580 g/mol. The van der Waals surface area contributed by atoms with Crippen LogP contribution in [0.1, 0.15) is 11.1 Å². The Morgan fingerprint density at radius 2 is 1.72 bits per heavy atom. The molecule has 6 heteroatoms. The van der Waals surface area contributed by atoms with Crippen LogP contribution in [0, 0.1) is 0 Å². The summed E-state index contributed by atoms with van der Waals surface area (Å²) in [7, 11) is 1.70. The number of ether oxygens (including phenoxy) is 1. The van der Waals surface area contributed by atoms with E-state index in [1.165, 1.54) is 11.1 Å². The highest BCUT2D eigenvalue weighted by molar-refractivity contribution is 14.1. The third kappa shape index (κ3) is 6.02. The molecule has 0 aliphatic carbocycles. The summed E-state index contributed by atoms with van der Waals surface area (Å²) in [6.07, 6.45) is 0. The van der Waals surface area contributed by atoms with Crippen LogP contribution >= 0.6 is 58.3 Å². The van der Waals surface area contributed by atoms with Crippen molar-refractivity contribution < 1.29 is 4.74 Å². The van der Waals surface area contributed by atoms with Crippen LogP contribution in [-0.2, 0) is 13.1 Å². The zero-order valence-corrected chi connectivity index (χ0v) is 19.4. The number of hydrogen-bond donors (Lipinski definition) is 0. The number of methoxy groups -OCH3 is 1. The maximum Gasteiger partial charge on any atom is 0.160 e. The Bertz CT molecular complexity index is 680. The zero-order valence-electron chi connectivity index (χ0n) is 14.1. The molecule has 3 nitrogen and oxygen atoms in total. The van der Waals surface area contributed by atoms with Gasteiger partial charge in [-0.25, -0.2) is 0 Å². The number of thioether (sulfide) groups is 1. The van der Waals surface area contributed by atoms with E-state index in [0.717, 1.165) is 35.0 Å². The lowest BCUT2D eigenvalue weighted by Crippen LogP contribution is -2.27. The lowest BCUT2D eigenvalue weighted by molar-refractivity contribution is 0.408. The van der Waals surface area contributed by atoms with Crippen molar-refractivity contribution in [1.29, 1.82) is 0 Å². The molecule has 1 heterocycles. The quantitative estimate of drug-likeness (QED) is 0.346. The van der Waals surface area contributed by atoms with Gasteiger partial charge in [0.1, 0.15) is 5.75 Å². The van der Waals surface area contributed by atoms with Crippen molar-refractivity contribution >= 4 is 63.5 Å². The molecule has 1 aliphatic rings. The van der Waals surface area contributed by atoms with Crippen molar-refractivity contribution in [1.82, 2.24) is 4.90 Å². The van der Waals surface area contributed by atoms with Crippen molar-refractivity contribution in [3.63, 3.8) is 0 Å². The summed E-state index contributed by atoms with van der Waals surface area (Å²) in [4.78, 5) is 7.17. The predicted octanol–water partition coefficient (Wildman–Crippen LogP) is 5.22. The Kier molecular flexibility index (Phi) is 8.84. The molecule has 0 saturated heterocycles. The van der Waals surface area contributed by atoms with Gasteiger partial charge < -0.3 is 9.64 Å². The highest BCUT2D eigenvalue weighted by Gasteiger charge is 2.23. The molecule has 0 radical (unpaired) electrons. The van der Waals surface area contributed by atoms with Crippen molar-refractivity contribution in [3.8, 4) is 5.75 Å². The minimum absolute atomic E-state index is 0. The Labute approximate surface area is 184 Å². The van der Waals surface area contributed by atoms with Crippen molar-refractivity contribution in [2.24, 2.45) is 4.99 Å². The average molecular weight is 580 g/mol. The fraction of sp³-hybridized carbons (Fsp3) is 0.316. The van der Waals surface area contributed by atoms with Gasteiger partial charge in [-0.2, -0.15) is 0 Å². The summed E-state index contributed by atoms with van der Waals surface area (Å²) >= 11 is 4.36. The molecule has 0 bridgehead atoms. The topological polar surface area (TPSA) is 24.8 Å². The summed E-state index contributed by atoms with van der Waals surface area (Å²) in [6, 6.07) is 18.9. The van der Waals surface area contributed by atoms with Gasteiger partial charge in [0.25, 0.3) is 0 Å². The van der Waals surface area contributed by atoms with E-state index in [1.807, 2.05) is 23.9 Å². The van der Waals surface area contributed by atoms with Gasteiger partial charge in [-0.1, -0.05) is 76.8 Å². The van der Waals surface area contributed by atoms with E-state index < -0.39 is 0 Å². The summed E-state index contributed by atoms with van der Waals surface area (Å²) in [5.74, 6) is 0.894. The Morgan fingerprint density at radius 1 is 1.08 bits per heavy atom. The van der Waals surface area contributed by atoms with Gasteiger partial charge in [0.2, 0.25) is 0 Å². The van der Waals surface area contributed by atoms with Crippen LogP contribution in [0.2, 0.25) is 0 Å². The maximum atomic E-state index is 5.26. The first-order valence-electron chi connectivity index (χ1n) is 7.97. The van der Waals surface area contributed by atoms with Crippen LogP contribution in [-0.4, -0.2) is 33.4 Å². The minimum Gasteiger partial charge on any atom is -0.497 e. The van der Waals surface area contributed by atoms with Crippen LogP contribution < -0.4 is 4.74 Å². The first-order chi connectivity index (χ1) is 11.8. The van der Waals surface area contributed by atoms with Crippen molar-refractivity contribution in [2.75, 3.05) is 18.1 Å². The molecular weight excluding hydrogens is 558 g/mol. The molecule has 2 aromatic rings. The number of nitrogens with zero attached hydrogens (tertiary/aromatic N) is 2. The third-order valence-electron chi connectivity index (χ3n) is 3.89. The number of halogens is 2. The lowest BCUT2D eigenvalue weighted by atomic mass is 10.2. The van der Waals surface area contributed by atoms with Crippen molar-refractivity contribution in [3.05, 3.63) is 65.7 Å². The summed E-state index contributed by atoms with van der Waals surface area (Å²) in [5.41, 5.74) is 2.58. The number of hydrogen-bond acceptors (Lipinski definition) is 4. The Balaban J connectivity index is 0.00000225. The van der Waals surface area contributed by atoms with Gasteiger partial charge in [0.05, 0.1) is 13.7 Å². The SMILES string of the molecule is COc1ccc(CN(Cc2ccccc2)C2=NCC(CI)S2)cc1.I. The van der Waals surface area contributed by atoms with E-state index in [4.69, 9.17) is 9.73 Å². The average Bonchev–Trinajstić information content (AvgIpc) is 3.12. The van der Waals surface area contributed by atoms with Gasteiger partial charge in [-0.05, 0) is 23.3 Å². The Hall–Kier alpha value is -0.480. The molecule has 1 unspecified atom stereocenters. The highest BCUT2D eigenvalue weighted by atomic mass is 127. The van der Waals surface area contributed by atoms with Crippen molar-refractivity contribution in [2.45, 2.75) is 18.3 Å². The zero-order chi connectivity index (χ0) is 16.8. The van der Waals surface area contributed by atoms with Gasteiger partial charge in [-0.3, -0.25) is 4.99 Å². The molecule has 0 fully saturated rings. The fourth-order valence-electron chi connectivity index (χ4n) is 2.60. The van der Waals surface area contributed by atoms with E-state index in [-0.39, 0.29) is 24.0 Å². The molecule has 134 valence electrons. The van der Waals surface area contributed by atoms with Crippen LogP contribution in [0.25, 0.3) is 0 Å². The number of rotatable bonds is 6. The molecule has 1 aliphatic heterocycles. The molecule has 0 spiro atoms. The molecular formula is C19H22I2N2OS. The minimum atomic E-state index is 0. The first-order valence-corrected chi connectivity index (χ1v) is 10.4. The standard InChI is InChI=1S/C19H21IN2OS.HI/c1-23-17-9-7-16(8-10-17)14-22(13-15-5-3-2-4-6-15)19-21-12-18(11-20)24-19;/h2-10,18H,11-14H2,1H3;1H. The van der Waals surface area contributed by atoms with Gasteiger partial charge in [0, 0.05) is 22.8 Å². The second kappa shape index (κ2) is 10.6. The number of alkyl halides is 1. The second-order valence-electron chi connectivity index (χ2n) is 5.71. The van der Waals surface area contributed by atoms with E-state index in [1.54, 1.807) is 7.11 Å². The maximum absolute atomic E-state index is 5.26. The molecule has 25 heavy (non-hydrogen) atoms. The smallest absolute Gasteiger partial charge is 0.160 e. The Morgan fingerprint density at radius 3 is 2.28 bits per heavy atom. The van der Waals surface area contributed by atoms with E-state index in [9.17, 15) is 0 Å². The molecule has 0 saturated carbocycles. The predicted molar refractivity (Wildman–Crippen MR) is 127 cm³/mol. The van der Waals surface area contributed by atoms with Crippen LogP contribution in [0.3, 0.4) is 0 Å². The van der Waals surface area contributed by atoms with E-state index in [0.29, 0.717) is 5.25 Å². The normalized spacial score (nSPS) is 16.1. The van der Waals surface area contributed by atoms with E-state index in [2.05, 4.69) is 70.0 Å². The molecule has 0 N–H and O–H groups in total. The lowest BCUT2D eigenvalue weighted by Gasteiger charge is -2.25. The first kappa shape index (κ1) is 20.8. The second-order valence-corrected chi connectivity index (χ2v) is 7.86. The molecule has 0 amide bonds. The number of aliphatic imine (C=N–C) groups is 1. The van der Waals surface area contributed by atoms with Gasteiger partial charge in [-0.15, -0.1) is 24.0 Å². The fourth-order valence-corrected chi connectivity index (χ4v) is 4.36. The molecule has 3 rings (SSSR count). The van der Waals surface area contributed by atoms with Crippen LogP contribution in [0.15, 0.2) is 59.6 Å². The number of benzene rings is 2. The molecule has 0 aromatic heterocycles. The summed E-state index contributed by atoms with van der Waals surface area (Å²) in [6.45, 7) is 2.67.